The molecular formula is C26H17N3O4. The summed E-state index contributed by atoms with van der Waals surface area (Å²) in [5.41, 5.74) is 3.98. The molecule has 2 aliphatic heterocycles. The van der Waals surface area contributed by atoms with Crippen LogP contribution in [0.25, 0.3) is 40.1 Å². The third-order valence-electron chi connectivity index (χ3n) is 5.45. The van der Waals surface area contributed by atoms with Crippen LogP contribution in [0, 0.1) is 10.1 Å². The average Bonchev–Trinajstić information content (AvgIpc) is 3.21. The van der Waals surface area contributed by atoms with Crippen LogP contribution in [0.4, 0.5) is 5.69 Å². The van der Waals surface area contributed by atoms with Crippen LogP contribution >= 0.6 is 0 Å². The Morgan fingerprint density at radius 3 is 2.33 bits per heavy atom. The minimum absolute atomic E-state index is 0.0446. The molecule has 2 heterocycles. The fourth-order valence-electron chi connectivity index (χ4n) is 3.95. The maximum Gasteiger partial charge on any atom is 0.337 e. The van der Waals surface area contributed by atoms with Gasteiger partial charge in [0.1, 0.15) is 0 Å². The molecule has 0 fully saturated rings. The number of non-ortho nitro benzene ring substituents is 1. The Bertz CT molecular complexity index is 1500. The molecule has 7 heteroatoms. The smallest absolute Gasteiger partial charge is 0.337 e. The zero-order valence-electron chi connectivity index (χ0n) is 17.3. The van der Waals surface area contributed by atoms with E-state index in [1.807, 2.05) is 60.7 Å². The standard InChI is InChI=1S/C26H17N3O4/c30-26(31)21-16-23-25(20-8-4-5-9-22(20)27-23)28(18-11-13-19(14-12-18)29(32)33)24(21)15-10-17-6-2-1-3-7-17/h1-16H,(H,30,31)/b15-10+. The van der Waals surface area contributed by atoms with Gasteiger partial charge in [0.05, 0.1) is 33.1 Å². The highest BCUT2D eigenvalue weighted by Crippen LogP contribution is 2.37. The number of nitrogens with zero attached hydrogens (tertiary/aromatic N) is 3. The predicted octanol–water partition coefficient (Wildman–Crippen LogP) is 5.91. The Kier molecular flexibility index (Phi) is 4.91. The SMILES string of the molecule is O=C(O)c1cc2nc3ccccc3c-2n(-c2ccc([N+](=O)[O-])cc2)c1/C=C/c1ccccc1. The molecule has 0 saturated heterocycles. The molecule has 0 saturated carbocycles. The number of aromatic nitrogens is 2. The first kappa shape index (κ1) is 20.1. The molecule has 7 nitrogen and oxygen atoms in total. The van der Waals surface area contributed by atoms with Crippen LogP contribution in [0.15, 0.2) is 84.9 Å². The monoisotopic (exact) mass is 435 g/mol. The normalized spacial score (nSPS) is 11.4. The molecule has 33 heavy (non-hydrogen) atoms. The predicted molar refractivity (Wildman–Crippen MR) is 127 cm³/mol. The molecule has 0 aromatic heterocycles. The first-order valence-electron chi connectivity index (χ1n) is 10.2. The number of rotatable bonds is 5. The van der Waals surface area contributed by atoms with Crippen LogP contribution in [0.5, 0.6) is 0 Å². The maximum atomic E-state index is 12.3. The summed E-state index contributed by atoms with van der Waals surface area (Å²) in [7, 11) is 0. The molecule has 160 valence electrons. The van der Waals surface area contributed by atoms with E-state index in [2.05, 4.69) is 4.98 Å². The lowest BCUT2D eigenvalue weighted by Gasteiger charge is -2.19. The average molecular weight is 435 g/mol. The summed E-state index contributed by atoms with van der Waals surface area (Å²) in [6.45, 7) is 0. The van der Waals surface area contributed by atoms with Crippen LogP contribution < -0.4 is 0 Å². The highest BCUT2D eigenvalue weighted by molar-refractivity contribution is 6.01. The van der Waals surface area contributed by atoms with E-state index in [1.165, 1.54) is 12.1 Å². The number of benzene rings is 3. The van der Waals surface area contributed by atoms with Crippen molar-refractivity contribution < 1.29 is 14.8 Å². The molecule has 1 N–H and O–H groups in total. The quantitative estimate of drug-likeness (QED) is 0.273. The number of hydrogen-bond donors (Lipinski definition) is 1. The molecule has 5 rings (SSSR count). The lowest BCUT2D eigenvalue weighted by Crippen LogP contribution is -2.12. The fourth-order valence-corrected chi connectivity index (χ4v) is 3.95. The third-order valence-corrected chi connectivity index (χ3v) is 5.45. The van der Waals surface area contributed by atoms with Gasteiger partial charge in [-0.1, -0.05) is 54.6 Å². The minimum Gasteiger partial charge on any atom is -0.478 e. The number of carbonyl (C=O) groups is 1. The molecule has 0 amide bonds. The van der Waals surface area contributed by atoms with Crippen molar-refractivity contribution in [3.05, 3.63) is 112 Å². The first-order chi connectivity index (χ1) is 16.0. The second-order valence-electron chi connectivity index (χ2n) is 7.46. The summed E-state index contributed by atoms with van der Waals surface area (Å²) in [5, 5.41) is 22.0. The van der Waals surface area contributed by atoms with Gasteiger partial charge < -0.3 is 9.67 Å². The van der Waals surface area contributed by atoms with Gasteiger partial charge in [-0.2, -0.15) is 0 Å². The van der Waals surface area contributed by atoms with Gasteiger partial charge >= 0.3 is 5.97 Å². The van der Waals surface area contributed by atoms with E-state index in [-0.39, 0.29) is 11.3 Å². The number of nitro groups is 1. The Morgan fingerprint density at radius 1 is 0.939 bits per heavy atom. The number of pyridine rings is 1. The molecule has 2 aliphatic rings. The number of carboxylic acids is 1. The molecule has 0 bridgehead atoms. The van der Waals surface area contributed by atoms with Gasteiger partial charge in [-0.05, 0) is 35.9 Å². The highest BCUT2D eigenvalue weighted by atomic mass is 16.6. The molecule has 0 spiro atoms. The van der Waals surface area contributed by atoms with Gasteiger partial charge in [0, 0.05) is 23.2 Å². The van der Waals surface area contributed by atoms with Crippen LogP contribution in [0.3, 0.4) is 0 Å². The van der Waals surface area contributed by atoms with Crippen LogP contribution in [0.2, 0.25) is 0 Å². The topological polar surface area (TPSA) is 98.3 Å². The summed E-state index contributed by atoms with van der Waals surface area (Å²) in [6.07, 6.45) is 3.59. The largest absolute Gasteiger partial charge is 0.478 e. The molecule has 0 aliphatic carbocycles. The van der Waals surface area contributed by atoms with E-state index in [0.717, 1.165) is 22.2 Å². The number of hydrogen-bond acceptors (Lipinski definition) is 4. The van der Waals surface area contributed by atoms with Crippen molar-refractivity contribution in [2.75, 3.05) is 0 Å². The summed E-state index contributed by atoms with van der Waals surface area (Å²) in [6, 6.07) is 24.7. The zero-order valence-corrected chi connectivity index (χ0v) is 17.3. The molecular weight excluding hydrogens is 418 g/mol. The highest BCUT2D eigenvalue weighted by Gasteiger charge is 2.24. The van der Waals surface area contributed by atoms with Crippen molar-refractivity contribution in [2.45, 2.75) is 0 Å². The van der Waals surface area contributed by atoms with Gasteiger partial charge in [0.2, 0.25) is 0 Å². The molecule has 3 aromatic rings. The lowest BCUT2D eigenvalue weighted by atomic mass is 10.0. The van der Waals surface area contributed by atoms with Gasteiger partial charge in [0.25, 0.3) is 5.69 Å². The van der Waals surface area contributed by atoms with E-state index in [0.29, 0.717) is 17.1 Å². The Morgan fingerprint density at radius 2 is 1.64 bits per heavy atom. The van der Waals surface area contributed by atoms with Crippen molar-refractivity contribution >= 4 is 34.7 Å². The summed E-state index contributed by atoms with van der Waals surface area (Å²) >= 11 is 0. The Hall–Kier alpha value is -4.78. The first-order valence-corrected chi connectivity index (χ1v) is 10.2. The van der Waals surface area contributed by atoms with E-state index < -0.39 is 10.9 Å². The van der Waals surface area contributed by atoms with Gasteiger partial charge in [-0.15, -0.1) is 0 Å². The Balaban J connectivity index is 1.86. The second kappa shape index (κ2) is 8.05. The van der Waals surface area contributed by atoms with Crippen LogP contribution in [-0.4, -0.2) is 25.6 Å². The Labute approximate surface area is 188 Å². The molecule has 0 radical (unpaired) electrons. The minimum atomic E-state index is -1.09. The van der Waals surface area contributed by atoms with Gasteiger partial charge in [-0.3, -0.25) is 10.1 Å². The van der Waals surface area contributed by atoms with Gasteiger partial charge in [-0.25, -0.2) is 9.78 Å². The maximum absolute atomic E-state index is 12.3. The number of aromatic carboxylic acids is 1. The van der Waals surface area contributed by atoms with Crippen molar-refractivity contribution in [2.24, 2.45) is 0 Å². The van der Waals surface area contributed by atoms with Crippen molar-refractivity contribution in [3.8, 4) is 17.1 Å². The fraction of sp³-hybridized carbons (Fsp3) is 0. The molecule has 3 aromatic carbocycles. The third kappa shape index (κ3) is 3.61. The summed E-state index contributed by atoms with van der Waals surface area (Å²) < 4.78 is 1.80. The van der Waals surface area contributed by atoms with E-state index in [4.69, 9.17) is 0 Å². The van der Waals surface area contributed by atoms with E-state index in [1.54, 1.807) is 28.8 Å². The van der Waals surface area contributed by atoms with E-state index in [9.17, 15) is 20.0 Å². The van der Waals surface area contributed by atoms with E-state index >= 15 is 0 Å². The second-order valence-corrected chi connectivity index (χ2v) is 7.46. The van der Waals surface area contributed by atoms with Crippen molar-refractivity contribution in [3.63, 3.8) is 0 Å². The van der Waals surface area contributed by atoms with Crippen molar-refractivity contribution in [1.82, 2.24) is 9.55 Å². The number of para-hydroxylation sites is 1. The summed E-state index contributed by atoms with van der Waals surface area (Å²) in [4.78, 5) is 27.6. The van der Waals surface area contributed by atoms with Crippen LogP contribution in [-0.2, 0) is 0 Å². The molecule has 0 atom stereocenters. The zero-order chi connectivity index (χ0) is 22.9. The number of carboxylic acid groups (broad SMARTS) is 1. The van der Waals surface area contributed by atoms with Gasteiger partial charge in [0.15, 0.2) is 0 Å². The van der Waals surface area contributed by atoms with Crippen molar-refractivity contribution in [1.29, 1.82) is 0 Å². The van der Waals surface area contributed by atoms with Crippen LogP contribution in [0.1, 0.15) is 21.6 Å². The lowest BCUT2D eigenvalue weighted by molar-refractivity contribution is -0.384. The number of nitro benzene ring substituents is 1. The summed E-state index contributed by atoms with van der Waals surface area (Å²) in [5.74, 6) is -1.09. The number of fused-ring (bicyclic) bond motifs is 3. The molecule has 0 unspecified atom stereocenters.